The van der Waals surface area contributed by atoms with Gasteiger partial charge in [0.1, 0.15) is 5.82 Å². The third-order valence-corrected chi connectivity index (χ3v) is 1.26. The molecule has 0 spiro atoms. The second kappa shape index (κ2) is 1.70. The monoisotopic (exact) mass is 134 g/mol. The van der Waals surface area contributed by atoms with Crippen molar-refractivity contribution in [2.75, 3.05) is 5.73 Å². The Kier molecular flexibility index (Phi) is 0.887. The van der Waals surface area contributed by atoms with Crippen LogP contribution in [0.3, 0.4) is 0 Å². The zero-order valence-electron chi connectivity index (χ0n) is 5.23. The van der Waals surface area contributed by atoms with Gasteiger partial charge in [-0.1, -0.05) is 0 Å². The molecule has 0 atom stereocenters. The first-order chi connectivity index (χ1) is 4.86. The molecule has 2 aromatic rings. The largest absolute Gasteiger partial charge is 0.382 e. The molecule has 0 bridgehead atoms. The number of hydrogen-bond acceptors (Lipinski definition) is 3. The van der Waals surface area contributed by atoms with Crippen LogP contribution in [0.4, 0.5) is 5.82 Å². The molecule has 0 fully saturated rings. The number of fused-ring (bicyclic) bond motifs is 1. The van der Waals surface area contributed by atoms with Gasteiger partial charge in [-0.3, -0.25) is 0 Å². The SMILES string of the molecule is Nc1cn2ncccc2n1. The predicted octanol–water partition coefficient (Wildman–Crippen LogP) is 0.311. The third-order valence-electron chi connectivity index (χ3n) is 1.26. The maximum atomic E-state index is 5.42. The van der Waals surface area contributed by atoms with Crippen LogP contribution >= 0.6 is 0 Å². The van der Waals surface area contributed by atoms with Crippen molar-refractivity contribution in [2.24, 2.45) is 0 Å². The van der Waals surface area contributed by atoms with Crippen LogP contribution in [0, 0.1) is 0 Å². The first-order valence-electron chi connectivity index (χ1n) is 2.92. The second-order valence-electron chi connectivity index (χ2n) is 1.99. The van der Waals surface area contributed by atoms with E-state index in [0.29, 0.717) is 5.82 Å². The van der Waals surface area contributed by atoms with Gasteiger partial charge in [0.25, 0.3) is 0 Å². The molecule has 0 radical (unpaired) electrons. The topological polar surface area (TPSA) is 56.2 Å². The Labute approximate surface area is 57.3 Å². The summed E-state index contributed by atoms with van der Waals surface area (Å²) in [6.07, 6.45) is 3.36. The van der Waals surface area contributed by atoms with Crippen LogP contribution in [0.2, 0.25) is 0 Å². The highest BCUT2D eigenvalue weighted by molar-refractivity contribution is 5.44. The smallest absolute Gasteiger partial charge is 0.155 e. The fourth-order valence-electron chi connectivity index (χ4n) is 0.849. The van der Waals surface area contributed by atoms with Gasteiger partial charge in [0.15, 0.2) is 5.65 Å². The van der Waals surface area contributed by atoms with Gasteiger partial charge in [0, 0.05) is 6.20 Å². The minimum atomic E-state index is 0.499. The number of nitrogens with two attached hydrogens (primary N) is 1. The maximum Gasteiger partial charge on any atom is 0.155 e. The van der Waals surface area contributed by atoms with E-state index in [-0.39, 0.29) is 0 Å². The summed E-state index contributed by atoms with van der Waals surface area (Å²) in [6, 6.07) is 3.67. The molecule has 0 aliphatic carbocycles. The lowest BCUT2D eigenvalue weighted by atomic mass is 10.6. The molecule has 4 nitrogen and oxygen atoms in total. The molecule has 2 heterocycles. The van der Waals surface area contributed by atoms with Gasteiger partial charge in [0.05, 0.1) is 6.20 Å². The molecule has 0 amide bonds. The number of nitrogen functional groups attached to an aromatic ring is 1. The van der Waals surface area contributed by atoms with Crippen molar-refractivity contribution >= 4 is 11.5 Å². The lowest BCUT2D eigenvalue weighted by Gasteiger charge is -1.85. The molecule has 0 aromatic carbocycles. The van der Waals surface area contributed by atoms with Crippen LogP contribution in [0.15, 0.2) is 24.5 Å². The van der Waals surface area contributed by atoms with Crippen molar-refractivity contribution in [1.29, 1.82) is 0 Å². The van der Waals surface area contributed by atoms with Crippen molar-refractivity contribution in [2.45, 2.75) is 0 Å². The van der Waals surface area contributed by atoms with Crippen molar-refractivity contribution < 1.29 is 0 Å². The van der Waals surface area contributed by atoms with Gasteiger partial charge < -0.3 is 5.73 Å². The molecule has 0 aliphatic rings. The molecule has 0 saturated carbocycles. The Morgan fingerprint density at radius 1 is 1.50 bits per heavy atom. The van der Waals surface area contributed by atoms with Gasteiger partial charge >= 0.3 is 0 Å². The molecule has 2 N–H and O–H groups in total. The molecule has 0 unspecified atom stereocenters. The van der Waals surface area contributed by atoms with Crippen molar-refractivity contribution in [3.05, 3.63) is 24.5 Å². The first kappa shape index (κ1) is 5.22. The fourth-order valence-corrected chi connectivity index (χ4v) is 0.849. The lowest BCUT2D eigenvalue weighted by Crippen LogP contribution is -1.85. The highest BCUT2D eigenvalue weighted by Gasteiger charge is 1.94. The number of anilines is 1. The zero-order chi connectivity index (χ0) is 6.97. The predicted molar refractivity (Wildman–Crippen MR) is 37.4 cm³/mol. The summed E-state index contributed by atoms with van der Waals surface area (Å²) in [7, 11) is 0. The molecular formula is C6H6N4. The summed E-state index contributed by atoms with van der Waals surface area (Å²) in [5.74, 6) is 0.499. The molecule has 10 heavy (non-hydrogen) atoms. The number of aromatic nitrogens is 3. The summed E-state index contributed by atoms with van der Waals surface area (Å²) in [5, 5.41) is 3.98. The number of rotatable bonds is 0. The zero-order valence-corrected chi connectivity index (χ0v) is 5.23. The Morgan fingerprint density at radius 2 is 2.40 bits per heavy atom. The molecule has 2 aromatic heterocycles. The highest BCUT2D eigenvalue weighted by atomic mass is 15.2. The Bertz CT molecular complexity index is 318. The molecule has 4 heteroatoms. The van der Waals surface area contributed by atoms with Crippen LogP contribution < -0.4 is 5.73 Å². The maximum absolute atomic E-state index is 5.42. The molecule has 0 aliphatic heterocycles. The van der Waals surface area contributed by atoms with Crippen molar-refractivity contribution in [3.8, 4) is 0 Å². The van der Waals surface area contributed by atoms with E-state index < -0.39 is 0 Å². The Balaban J connectivity index is 2.88. The van der Waals surface area contributed by atoms with E-state index >= 15 is 0 Å². The van der Waals surface area contributed by atoms with E-state index in [2.05, 4.69) is 10.1 Å². The summed E-state index contributed by atoms with van der Waals surface area (Å²) in [6.45, 7) is 0. The quantitative estimate of drug-likeness (QED) is 0.564. The van der Waals surface area contributed by atoms with Gasteiger partial charge in [-0.25, -0.2) is 9.50 Å². The van der Waals surface area contributed by atoms with E-state index in [9.17, 15) is 0 Å². The van der Waals surface area contributed by atoms with Crippen LogP contribution in [-0.2, 0) is 0 Å². The number of nitrogens with zero attached hydrogens (tertiary/aromatic N) is 3. The summed E-state index contributed by atoms with van der Waals surface area (Å²) >= 11 is 0. The average molecular weight is 134 g/mol. The number of imidazole rings is 1. The van der Waals surface area contributed by atoms with Crippen molar-refractivity contribution in [3.63, 3.8) is 0 Å². The molecule has 0 saturated heterocycles. The molecule has 50 valence electrons. The summed E-state index contributed by atoms with van der Waals surface area (Å²) in [5.41, 5.74) is 6.20. The summed E-state index contributed by atoms with van der Waals surface area (Å²) < 4.78 is 1.63. The van der Waals surface area contributed by atoms with Gasteiger partial charge in [-0.2, -0.15) is 5.10 Å². The second-order valence-corrected chi connectivity index (χ2v) is 1.99. The Morgan fingerprint density at radius 3 is 3.20 bits per heavy atom. The van der Waals surface area contributed by atoms with Gasteiger partial charge in [-0.15, -0.1) is 0 Å². The van der Waals surface area contributed by atoms with E-state index in [1.807, 2.05) is 12.1 Å². The minimum Gasteiger partial charge on any atom is -0.382 e. The van der Waals surface area contributed by atoms with E-state index in [1.54, 1.807) is 16.9 Å². The van der Waals surface area contributed by atoms with Gasteiger partial charge in [0.2, 0.25) is 0 Å². The normalized spacial score (nSPS) is 10.4. The first-order valence-corrected chi connectivity index (χ1v) is 2.92. The fraction of sp³-hybridized carbons (Fsp3) is 0. The average Bonchev–Trinajstić information content (AvgIpc) is 2.27. The highest BCUT2D eigenvalue weighted by Crippen LogP contribution is 2.01. The standard InChI is InChI=1S/C6H6N4/c7-5-4-10-6(9-5)2-1-3-8-10/h1-4H,7H2. The van der Waals surface area contributed by atoms with E-state index in [4.69, 9.17) is 5.73 Å². The Hall–Kier alpha value is -1.58. The molecule has 2 rings (SSSR count). The summed E-state index contributed by atoms with van der Waals surface area (Å²) in [4.78, 5) is 3.99. The van der Waals surface area contributed by atoms with Crippen LogP contribution in [0.1, 0.15) is 0 Å². The lowest BCUT2D eigenvalue weighted by molar-refractivity contribution is 0.936. The number of hydrogen-bond donors (Lipinski definition) is 1. The van der Waals surface area contributed by atoms with Gasteiger partial charge in [-0.05, 0) is 12.1 Å². The van der Waals surface area contributed by atoms with Crippen LogP contribution in [0.5, 0.6) is 0 Å². The van der Waals surface area contributed by atoms with E-state index in [1.165, 1.54) is 0 Å². The van der Waals surface area contributed by atoms with E-state index in [0.717, 1.165) is 5.65 Å². The molecular weight excluding hydrogens is 128 g/mol. The van der Waals surface area contributed by atoms with Crippen LogP contribution in [-0.4, -0.2) is 14.6 Å². The van der Waals surface area contributed by atoms with Crippen molar-refractivity contribution in [1.82, 2.24) is 14.6 Å². The van der Waals surface area contributed by atoms with Crippen LogP contribution in [0.25, 0.3) is 5.65 Å². The third kappa shape index (κ3) is 0.621. The minimum absolute atomic E-state index is 0.499.